The van der Waals surface area contributed by atoms with Crippen LogP contribution in [0.25, 0.3) is 0 Å². The number of nitrogens with zero attached hydrogens (tertiary/aromatic N) is 1. The molecule has 0 atom stereocenters. The topological polar surface area (TPSA) is 75.2 Å². The molecule has 0 aromatic carbocycles. The number of aromatic carboxylic acids is 1. The zero-order valence-corrected chi connectivity index (χ0v) is 7.63. The molecule has 5 nitrogen and oxygen atoms in total. The molecule has 0 unspecified atom stereocenters. The van der Waals surface area contributed by atoms with Crippen molar-refractivity contribution in [2.75, 3.05) is 7.11 Å². The molecule has 5 heteroatoms. The van der Waals surface area contributed by atoms with Crippen LogP contribution in [0.4, 0.5) is 0 Å². The van der Waals surface area contributed by atoms with Crippen LogP contribution in [0.3, 0.4) is 0 Å². The summed E-state index contributed by atoms with van der Waals surface area (Å²) in [7, 11) is 1.51. The lowest BCUT2D eigenvalue weighted by Crippen LogP contribution is -2.02. The third-order valence-corrected chi connectivity index (χ3v) is 1.65. The monoisotopic (exact) mass is 184 g/mol. The molecule has 13 heavy (non-hydrogen) atoms. The normalized spacial score (nSPS) is 10.3. The highest BCUT2D eigenvalue weighted by atomic mass is 16.5. The van der Waals surface area contributed by atoms with Gasteiger partial charge >= 0.3 is 5.97 Å². The first-order valence-corrected chi connectivity index (χ1v) is 3.99. The SMILES string of the molecule is CCc1nc(C(=O)O)c(COC)[nH]1. The number of ether oxygens (including phenoxy) is 1. The molecule has 1 rings (SSSR count). The zero-order chi connectivity index (χ0) is 9.84. The molecule has 0 radical (unpaired) electrons. The molecule has 72 valence electrons. The number of imidazole rings is 1. The van der Waals surface area contributed by atoms with Crippen molar-refractivity contribution in [3.63, 3.8) is 0 Å². The molecular formula is C8H12N2O3. The van der Waals surface area contributed by atoms with Crippen molar-refractivity contribution in [3.8, 4) is 0 Å². The maximum atomic E-state index is 10.7. The second-order valence-corrected chi connectivity index (χ2v) is 2.60. The van der Waals surface area contributed by atoms with E-state index in [-0.39, 0.29) is 12.3 Å². The molecule has 0 saturated carbocycles. The summed E-state index contributed by atoms with van der Waals surface area (Å²) in [5.74, 6) is -0.354. The molecule has 0 bridgehead atoms. The third kappa shape index (κ3) is 2.06. The van der Waals surface area contributed by atoms with Crippen molar-refractivity contribution in [3.05, 3.63) is 17.2 Å². The van der Waals surface area contributed by atoms with Crippen LogP contribution >= 0.6 is 0 Å². The quantitative estimate of drug-likeness (QED) is 0.726. The van der Waals surface area contributed by atoms with Crippen molar-refractivity contribution in [2.45, 2.75) is 20.0 Å². The van der Waals surface area contributed by atoms with Gasteiger partial charge in [-0.3, -0.25) is 0 Å². The Balaban J connectivity index is 3.00. The summed E-state index contributed by atoms with van der Waals surface area (Å²) in [5.41, 5.74) is 0.575. The molecule has 2 N–H and O–H groups in total. The van der Waals surface area contributed by atoms with E-state index in [2.05, 4.69) is 9.97 Å². The number of aromatic nitrogens is 2. The van der Waals surface area contributed by atoms with E-state index in [1.165, 1.54) is 7.11 Å². The van der Waals surface area contributed by atoms with E-state index in [1.54, 1.807) is 0 Å². The number of aryl methyl sites for hydroxylation is 1. The van der Waals surface area contributed by atoms with Gasteiger partial charge in [-0.15, -0.1) is 0 Å². The molecule has 0 fully saturated rings. The summed E-state index contributed by atoms with van der Waals surface area (Å²) < 4.78 is 4.84. The number of nitrogens with one attached hydrogen (secondary N) is 1. The van der Waals surface area contributed by atoms with Crippen LogP contribution in [-0.4, -0.2) is 28.2 Å². The van der Waals surface area contributed by atoms with Gasteiger partial charge in [-0.2, -0.15) is 0 Å². The summed E-state index contributed by atoms with van der Waals surface area (Å²) in [4.78, 5) is 17.5. The Bertz CT molecular complexity index is 306. The van der Waals surface area contributed by atoms with E-state index in [1.807, 2.05) is 6.92 Å². The van der Waals surface area contributed by atoms with Crippen molar-refractivity contribution < 1.29 is 14.6 Å². The van der Waals surface area contributed by atoms with Crippen LogP contribution in [0.2, 0.25) is 0 Å². The molecule has 0 aliphatic rings. The summed E-state index contributed by atoms with van der Waals surface area (Å²) in [6.45, 7) is 2.15. The lowest BCUT2D eigenvalue weighted by molar-refractivity contribution is 0.0685. The van der Waals surface area contributed by atoms with Crippen LogP contribution in [0.1, 0.15) is 28.9 Å². The number of aromatic amines is 1. The molecule has 0 spiro atoms. The number of carboxylic acid groups (broad SMARTS) is 1. The Morgan fingerprint density at radius 2 is 2.38 bits per heavy atom. The molecule has 0 amide bonds. The van der Waals surface area contributed by atoms with E-state index < -0.39 is 5.97 Å². The third-order valence-electron chi connectivity index (χ3n) is 1.65. The van der Waals surface area contributed by atoms with Gasteiger partial charge in [0.1, 0.15) is 5.82 Å². The fourth-order valence-corrected chi connectivity index (χ4v) is 1.06. The fraction of sp³-hybridized carbons (Fsp3) is 0.500. The van der Waals surface area contributed by atoms with Gasteiger partial charge in [0.25, 0.3) is 0 Å². The largest absolute Gasteiger partial charge is 0.476 e. The first-order valence-electron chi connectivity index (χ1n) is 3.99. The first-order chi connectivity index (χ1) is 6.19. The number of carbonyl (C=O) groups is 1. The lowest BCUT2D eigenvalue weighted by Gasteiger charge is -1.95. The van der Waals surface area contributed by atoms with Crippen molar-refractivity contribution in [1.82, 2.24) is 9.97 Å². The lowest BCUT2D eigenvalue weighted by atomic mass is 10.3. The van der Waals surface area contributed by atoms with Gasteiger partial charge in [0, 0.05) is 13.5 Å². The van der Waals surface area contributed by atoms with Crippen LogP contribution in [0, 0.1) is 0 Å². The average Bonchev–Trinajstić information content (AvgIpc) is 2.48. The molecule has 1 aromatic rings. The highest BCUT2D eigenvalue weighted by molar-refractivity contribution is 5.86. The summed E-state index contributed by atoms with van der Waals surface area (Å²) >= 11 is 0. The van der Waals surface area contributed by atoms with E-state index in [4.69, 9.17) is 9.84 Å². The first kappa shape index (κ1) is 9.73. The smallest absolute Gasteiger partial charge is 0.356 e. The Hall–Kier alpha value is -1.36. The molecule has 0 aliphatic heterocycles. The Labute approximate surface area is 75.8 Å². The van der Waals surface area contributed by atoms with Gasteiger partial charge in [-0.25, -0.2) is 9.78 Å². The summed E-state index contributed by atoms with van der Waals surface area (Å²) in [6.07, 6.45) is 0.685. The Kier molecular flexibility index (Phi) is 3.02. The van der Waals surface area contributed by atoms with Crippen molar-refractivity contribution in [1.29, 1.82) is 0 Å². The minimum absolute atomic E-state index is 0.0544. The standard InChI is InChI=1S/C8H12N2O3/c1-3-6-9-5(4-13-2)7(10-6)8(11)12/h3-4H2,1-2H3,(H,9,10)(H,11,12). The van der Waals surface area contributed by atoms with Gasteiger partial charge < -0.3 is 14.8 Å². The second kappa shape index (κ2) is 4.04. The number of hydrogen-bond acceptors (Lipinski definition) is 3. The maximum Gasteiger partial charge on any atom is 0.356 e. The summed E-state index contributed by atoms with van der Waals surface area (Å²) in [6, 6.07) is 0. The number of carboxylic acids is 1. The molecule has 0 aliphatic carbocycles. The van der Waals surface area contributed by atoms with Crippen LogP contribution in [0.5, 0.6) is 0 Å². The van der Waals surface area contributed by atoms with E-state index in [0.717, 1.165) is 0 Å². The Morgan fingerprint density at radius 1 is 1.69 bits per heavy atom. The van der Waals surface area contributed by atoms with Gasteiger partial charge in [-0.1, -0.05) is 6.92 Å². The average molecular weight is 184 g/mol. The highest BCUT2D eigenvalue weighted by Crippen LogP contribution is 2.07. The predicted octanol–water partition coefficient (Wildman–Crippen LogP) is 0.817. The van der Waals surface area contributed by atoms with Crippen LogP contribution in [-0.2, 0) is 17.8 Å². The minimum atomic E-state index is -1.03. The van der Waals surface area contributed by atoms with E-state index in [9.17, 15) is 4.79 Å². The predicted molar refractivity (Wildman–Crippen MR) is 45.6 cm³/mol. The number of rotatable bonds is 4. The summed E-state index contributed by atoms with van der Waals surface area (Å²) in [5, 5.41) is 8.76. The molecule has 0 saturated heterocycles. The van der Waals surface area contributed by atoms with Gasteiger partial charge in [-0.05, 0) is 0 Å². The van der Waals surface area contributed by atoms with Crippen LogP contribution in [0.15, 0.2) is 0 Å². The fourth-order valence-electron chi connectivity index (χ4n) is 1.06. The highest BCUT2D eigenvalue weighted by Gasteiger charge is 2.15. The van der Waals surface area contributed by atoms with Gasteiger partial charge in [0.15, 0.2) is 5.69 Å². The van der Waals surface area contributed by atoms with E-state index >= 15 is 0 Å². The van der Waals surface area contributed by atoms with Crippen molar-refractivity contribution >= 4 is 5.97 Å². The van der Waals surface area contributed by atoms with Crippen LogP contribution < -0.4 is 0 Å². The molecule has 1 aromatic heterocycles. The number of methoxy groups -OCH3 is 1. The van der Waals surface area contributed by atoms with Gasteiger partial charge in [0.05, 0.1) is 12.3 Å². The Morgan fingerprint density at radius 3 is 2.85 bits per heavy atom. The second-order valence-electron chi connectivity index (χ2n) is 2.60. The number of hydrogen-bond donors (Lipinski definition) is 2. The van der Waals surface area contributed by atoms with Crippen molar-refractivity contribution in [2.24, 2.45) is 0 Å². The minimum Gasteiger partial charge on any atom is -0.476 e. The number of H-pyrrole nitrogens is 1. The maximum absolute atomic E-state index is 10.7. The van der Waals surface area contributed by atoms with E-state index in [0.29, 0.717) is 17.9 Å². The zero-order valence-electron chi connectivity index (χ0n) is 7.63. The molecule has 1 heterocycles. The van der Waals surface area contributed by atoms with Gasteiger partial charge in [0.2, 0.25) is 0 Å². The molecular weight excluding hydrogens is 172 g/mol.